The van der Waals surface area contributed by atoms with Crippen LogP contribution in [0.2, 0.25) is 0 Å². The molecule has 1 aliphatic rings. The van der Waals surface area contributed by atoms with Gasteiger partial charge in [-0.3, -0.25) is 0 Å². The average molecular weight is 704 g/mol. The highest BCUT2D eigenvalue weighted by atomic mass is 15.0. The Morgan fingerprint density at radius 2 is 0.709 bits per heavy atom. The lowest BCUT2D eigenvalue weighted by Crippen LogP contribution is -2.14. The van der Waals surface area contributed by atoms with Crippen molar-refractivity contribution in [1.29, 1.82) is 0 Å². The molecule has 3 heteroatoms. The number of fused-ring (bicyclic) bond motifs is 4. The van der Waals surface area contributed by atoms with E-state index in [4.69, 9.17) is 15.0 Å². The van der Waals surface area contributed by atoms with Gasteiger partial charge in [0.1, 0.15) is 0 Å². The Morgan fingerprint density at radius 1 is 0.291 bits per heavy atom. The molecule has 9 aromatic rings. The summed E-state index contributed by atoms with van der Waals surface area (Å²) in [5.41, 5.74) is 15.2. The number of aromatic nitrogens is 3. The second-order valence-electron chi connectivity index (χ2n) is 14.8. The zero-order chi connectivity index (χ0) is 36.9. The van der Waals surface area contributed by atoms with Crippen LogP contribution in [-0.4, -0.2) is 15.0 Å². The van der Waals surface area contributed by atoms with Crippen molar-refractivity contribution in [2.45, 2.75) is 19.3 Å². The lowest BCUT2D eigenvalue weighted by Gasteiger charge is -2.22. The van der Waals surface area contributed by atoms with Gasteiger partial charge >= 0.3 is 0 Å². The van der Waals surface area contributed by atoms with Crippen LogP contribution in [0.5, 0.6) is 0 Å². The van der Waals surface area contributed by atoms with Gasteiger partial charge in [0.05, 0.1) is 0 Å². The molecular formula is C52H37N3. The van der Waals surface area contributed by atoms with Crippen LogP contribution >= 0.6 is 0 Å². The summed E-state index contributed by atoms with van der Waals surface area (Å²) < 4.78 is 0. The smallest absolute Gasteiger partial charge is 0.164 e. The molecule has 0 saturated carbocycles. The first-order valence-electron chi connectivity index (χ1n) is 18.9. The summed E-state index contributed by atoms with van der Waals surface area (Å²) in [5, 5.41) is 2.27. The van der Waals surface area contributed by atoms with Crippen molar-refractivity contribution in [3.63, 3.8) is 0 Å². The van der Waals surface area contributed by atoms with E-state index >= 15 is 0 Å². The zero-order valence-electron chi connectivity index (χ0n) is 30.7. The molecule has 0 N–H and O–H groups in total. The first-order valence-corrected chi connectivity index (χ1v) is 18.9. The number of nitrogens with zero attached hydrogens (tertiary/aromatic N) is 3. The van der Waals surface area contributed by atoms with Crippen molar-refractivity contribution in [2.24, 2.45) is 0 Å². The topological polar surface area (TPSA) is 38.7 Å². The molecule has 1 aliphatic carbocycles. The van der Waals surface area contributed by atoms with Crippen LogP contribution in [0.3, 0.4) is 0 Å². The van der Waals surface area contributed by atoms with Gasteiger partial charge in [-0.25, -0.2) is 15.0 Å². The zero-order valence-corrected chi connectivity index (χ0v) is 30.7. The first-order chi connectivity index (χ1) is 27.0. The average Bonchev–Trinajstić information content (AvgIpc) is 3.49. The molecular weight excluding hydrogens is 667 g/mol. The third-order valence-electron chi connectivity index (χ3n) is 11.2. The number of hydrogen-bond donors (Lipinski definition) is 0. The fourth-order valence-corrected chi connectivity index (χ4v) is 8.27. The van der Waals surface area contributed by atoms with Gasteiger partial charge < -0.3 is 0 Å². The summed E-state index contributed by atoms with van der Waals surface area (Å²) >= 11 is 0. The minimum Gasteiger partial charge on any atom is -0.208 e. The van der Waals surface area contributed by atoms with Gasteiger partial charge in [-0.1, -0.05) is 196 Å². The van der Waals surface area contributed by atoms with Crippen molar-refractivity contribution in [3.8, 4) is 78.7 Å². The summed E-state index contributed by atoms with van der Waals surface area (Å²) in [7, 11) is 0. The molecule has 8 aromatic carbocycles. The molecule has 0 spiro atoms. The summed E-state index contributed by atoms with van der Waals surface area (Å²) in [5.74, 6) is 1.92. The van der Waals surface area contributed by atoms with Crippen LogP contribution in [0.1, 0.15) is 25.0 Å². The quantitative estimate of drug-likeness (QED) is 0.173. The fourth-order valence-electron chi connectivity index (χ4n) is 8.27. The van der Waals surface area contributed by atoms with E-state index in [0.717, 1.165) is 38.6 Å². The maximum Gasteiger partial charge on any atom is 0.164 e. The summed E-state index contributed by atoms with van der Waals surface area (Å²) in [6.45, 7) is 4.67. The maximum absolute atomic E-state index is 5.19. The molecule has 1 heterocycles. The molecule has 0 aliphatic heterocycles. The normalized spacial score (nSPS) is 12.7. The Labute approximate surface area is 321 Å². The number of benzene rings is 8. The molecule has 0 unspecified atom stereocenters. The van der Waals surface area contributed by atoms with Gasteiger partial charge in [0.2, 0.25) is 0 Å². The van der Waals surface area contributed by atoms with E-state index in [0.29, 0.717) is 17.5 Å². The molecule has 55 heavy (non-hydrogen) atoms. The van der Waals surface area contributed by atoms with Crippen molar-refractivity contribution in [2.75, 3.05) is 0 Å². The van der Waals surface area contributed by atoms with E-state index < -0.39 is 0 Å². The lowest BCUT2D eigenvalue weighted by molar-refractivity contribution is 0.660. The van der Waals surface area contributed by atoms with Crippen LogP contribution < -0.4 is 0 Å². The minimum absolute atomic E-state index is 0.0754. The largest absolute Gasteiger partial charge is 0.208 e. The van der Waals surface area contributed by atoms with E-state index in [-0.39, 0.29) is 5.41 Å². The van der Waals surface area contributed by atoms with Crippen molar-refractivity contribution in [3.05, 3.63) is 199 Å². The van der Waals surface area contributed by atoms with E-state index in [1.807, 2.05) is 12.1 Å². The van der Waals surface area contributed by atoms with Crippen molar-refractivity contribution < 1.29 is 0 Å². The molecule has 0 radical (unpaired) electrons. The first kappa shape index (κ1) is 32.7. The Balaban J connectivity index is 1.10. The second-order valence-corrected chi connectivity index (χ2v) is 14.8. The molecule has 0 bridgehead atoms. The number of hydrogen-bond acceptors (Lipinski definition) is 3. The Hall–Kier alpha value is -6.97. The fraction of sp³-hybridized carbons (Fsp3) is 0.0577. The van der Waals surface area contributed by atoms with Gasteiger partial charge in [-0.05, 0) is 72.5 Å². The molecule has 0 saturated heterocycles. The lowest BCUT2D eigenvalue weighted by atomic mass is 9.81. The third-order valence-corrected chi connectivity index (χ3v) is 11.2. The summed E-state index contributed by atoms with van der Waals surface area (Å²) in [6, 6.07) is 66.7. The Bertz CT molecular complexity index is 2760. The van der Waals surface area contributed by atoms with Gasteiger partial charge in [0.25, 0.3) is 0 Å². The van der Waals surface area contributed by atoms with Gasteiger partial charge in [0, 0.05) is 22.1 Å². The van der Waals surface area contributed by atoms with Crippen LogP contribution in [-0.2, 0) is 5.41 Å². The predicted octanol–water partition coefficient (Wildman–Crippen LogP) is 13.3. The van der Waals surface area contributed by atoms with Gasteiger partial charge in [-0.15, -0.1) is 0 Å². The molecule has 260 valence electrons. The van der Waals surface area contributed by atoms with Crippen molar-refractivity contribution >= 4 is 10.8 Å². The summed E-state index contributed by atoms with van der Waals surface area (Å²) in [6.07, 6.45) is 0. The van der Waals surface area contributed by atoms with E-state index in [1.165, 1.54) is 44.5 Å². The molecule has 1 aromatic heterocycles. The van der Waals surface area contributed by atoms with Crippen LogP contribution in [0.25, 0.3) is 89.4 Å². The van der Waals surface area contributed by atoms with Gasteiger partial charge in [-0.2, -0.15) is 0 Å². The van der Waals surface area contributed by atoms with E-state index in [1.54, 1.807) is 0 Å². The molecule has 0 atom stereocenters. The maximum atomic E-state index is 5.19. The van der Waals surface area contributed by atoms with Crippen LogP contribution in [0.15, 0.2) is 188 Å². The monoisotopic (exact) mass is 703 g/mol. The Morgan fingerprint density at radius 3 is 1.31 bits per heavy atom. The molecule has 3 nitrogen and oxygen atoms in total. The molecule has 0 fully saturated rings. The van der Waals surface area contributed by atoms with Crippen molar-refractivity contribution in [1.82, 2.24) is 15.0 Å². The number of rotatable bonds is 6. The van der Waals surface area contributed by atoms with Gasteiger partial charge in [0.15, 0.2) is 17.5 Å². The highest BCUT2D eigenvalue weighted by Gasteiger charge is 2.35. The highest BCUT2D eigenvalue weighted by Crippen LogP contribution is 2.50. The SMILES string of the molecule is CC1(C)c2ccccc2-c2ccc(-c3cccc4c(-c5nc(-c6ccc(-c7ccccc7)cc6)nc(-c6ccc(-c7ccccc7)cc6)n5)cccc34)cc21. The summed E-state index contributed by atoms with van der Waals surface area (Å²) in [4.78, 5) is 15.5. The predicted molar refractivity (Wildman–Crippen MR) is 228 cm³/mol. The minimum atomic E-state index is -0.0754. The molecule has 10 rings (SSSR count). The van der Waals surface area contributed by atoms with Crippen LogP contribution in [0.4, 0.5) is 0 Å². The third kappa shape index (κ3) is 5.73. The molecule has 0 amide bonds. The highest BCUT2D eigenvalue weighted by molar-refractivity contribution is 6.04. The van der Waals surface area contributed by atoms with E-state index in [2.05, 4.69) is 190 Å². The van der Waals surface area contributed by atoms with E-state index in [9.17, 15) is 0 Å². The standard InChI is InChI=1S/C52H37N3/c1-52(2)47-22-10-9-17-44(47)45-32-31-40(33-48(45)52)41-18-11-20-43-42(41)19-12-21-46(43)51-54-49(38-27-23-36(24-28-38)34-13-5-3-6-14-34)53-50(55-51)39-29-25-37(26-30-39)35-15-7-4-8-16-35/h3-33H,1-2H3. The van der Waals surface area contributed by atoms with Crippen LogP contribution in [0, 0.1) is 0 Å². The Kier molecular flexibility index (Phi) is 7.81. The second kappa shape index (κ2) is 13.2.